The zero-order valence-electron chi connectivity index (χ0n) is 13.9. The number of halogens is 2. The molecular formula is C19H15ClFN5. The van der Waals surface area contributed by atoms with Gasteiger partial charge in [0.2, 0.25) is 0 Å². The number of anilines is 1. The van der Waals surface area contributed by atoms with Gasteiger partial charge in [0.05, 0.1) is 11.9 Å². The second-order valence-electron chi connectivity index (χ2n) is 5.88. The van der Waals surface area contributed by atoms with Gasteiger partial charge in [-0.2, -0.15) is 0 Å². The Hall–Kier alpha value is -2.99. The van der Waals surface area contributed by atoms with Crippen LogP contribution in [-0.2, 0) is 6.54 Å². The minimum Gasteiger partial charge on any atom is -0.364 e. The first kappa shape index (κ1) is 16.5. The molecule has 4 aromatic rings. The number of hydrogen-bond acceptors (Lipinski definition) is 4. The van der Waals surface area contributed by atoms with Crippen molar-refractivity contribution < 1.29 is 4.39 Å². The van der Waals surface area contributed by atoms with Gasteiger partial charge in [-0.1, -0.05) is 17.7 Å². The Morgan fingerprint density at radius 3 is 2.73 bits per heavy atom. The maximum Gasteiger partial charge on any atom is 0.154 e. The van der Waals surface area contributed by atoms with Crippen molar-refractivity contribution in [3.63, 3.8) is 0 Å². The van der Waals surface area contributed by atoms with Crippen molar-refractivity contribution in [1.82, 2.24) is 19.6 Å². The smallest absolute Gasteiger partial charge is 0.154 e. The van der Waals surface area contributed by atoms with Gasteiger partial charge < -0.3 is 5.32 Å². The average molecular weight is 368 g/mol. The fraction of sp³-hybridized carbons (Fsp3) is 0.105. The summed E-state index contributed by atoms with van der Waals surface area (Å²) in [6.07, 6.45) is 5.21. The van der Waals surface area contributed by atoms with Gasteiger partial charge in [-0.3, -0.25) is 4.98 Å². The Bertz CT molecular complexity index is 1080. The van der Waals surface area contributed by atoms with Gasteiger partial charge in [-0.25, -0.2) is 13.9 Å². The number of nitrogens with one attached hydrogen (secondary N) is 1. The third-order valence-corrected chi connectivity index (χ3v) is 4.52. The van der Waals surface area contributed by atoms with E-state index >= 15 is 0 Å². The quantitative estimate of drug-likeness (QED) is 0.576. The molecule has 5 nitrogen and oxygen atoms in total. The number of aryl methyl sites for hydroxylation is 1. The van der Waals surface area contributed by atoms with Crippen LogP contribution in [0.25, 0.3) is 16.9 Å². The van der Waals surface area contributed by atoms with Gasteiger partial charge in [-0.05, 0) is 42.8 Å². The molecule has 0 fully saturated rings. The van der Waals surface area contributed by atoms with Gasteiger partial charge >= 0.3 is 0 Å². The maximum atomic E-state index is 14.3. The van der Waals surface area contributed by atoms with Crippen molar-refractivity contribution in [2.45, 2.75) is 13.5 Å². The third-order valence-electron chi connectivity index (χ3n) is 4.16. The lowest BCUT2D eigenvalue weighted by Crippen LogP contribution is -2.07. The van der Waals surface area contributed by atoms with Crippen molar-refractivity contribution in [3.05, 3.63) is 77.0 Å². The topological polar surface area (TPSA) is 55.1 Å². The minimum atomic E-state index is -0.300. The average Bonchev–Trinajstić information content (AvgIpc) is 3.09. The number of aromatic nitrogens is 4. The van der Waals surface area contributed by atoms with Crippen LogP contribution >= 0.6 is 11.6 Å². The first-order valence-corrected chi connectivity index (χ1v) is 8.44. The molecule has 1 aromatic carbocycles. The Balaban J connectivity index is 1.65. The highest BCUT2D eigenvalue weighted by molar-refractivity contribution is 6.31. The van der Waals surface area contributed by atoms with Crippen molar-refractivity contribution in [2.75, 3.05) is 5.32 Å². The lowest BCUT2D eigenvalue weighted by Gasteiger charge is -2.10. The number of pyridine rings is 1. The van der Waals surface area contributed by atoms with Crippen LogP contribution in [0.2, 0.25) is 5.02 Å². The summed E-state index contributed by atoms with van der Waals surface area (Å²) in [7, 11) is 0. The second kappa shape index (κ2) is 6.72. The molecule has 7 heteroatoms. The molecule has 0 saturated carbocycles. The van der Waals surface area contributed by atoms with Crippen LogP contribution in [0.1, 0.15) is 11.1 Å². The molecule has 0 saturated heterocycles. The van der Waals surface area contributed by atoms with E-state index in [0.717, 1.165) is 16.9 Å². The molecule has 0 spiro atoms. The minimum absolute atomic E-state index is 0.240. The Morgan fingerprint density at radius 2 is 1.92 bits per heavy atom. The van der Waals surface area contributed by atoms with Crippen molar-refractivity contribution in [1.29, 1.82) is 0 Å². The Morgan fingerprint density at radius 1 is 1.12 bits per heavy atom. The van der Waals surface area contributed by atoms with Crippen LogP contribution in [-0.4, -0.2) is 19.6 Å². The molecule has 4 rings (SSSR count). The molecule has 26 heavy (non-hydrogen) atoms. The molecule has 0 unspecified atom stereocenters. The third kappa shape index (κ3) is 2.99. The molecule has 0 amide bonds. The summed E-state index contributed by atoms with van der Waals surface area (Å²) in [6, 6.07) is 10.8. The zero-order chi connectivity index (χ0) is 18.1. The molecule has 0 aliphatic heterocycles. The highest BCUT2D eigenvalue weighted by Gasteiger charge is 2.11. The second-order valence-corrected chi connectivity index (χ2v) is 6.29. The van der Waals surface area contributed by atoms with E-state index in [-0.39, 0.29) is 12.4 Å². The van der Waals surface area contributed by atoms with Crippen molar-refractivity contribution in [2.24, 2.45) is 0 Å². The highest BCUT2D eigenvalue weighted by Crippen LogP contribution is 2.24. The maximum absolute atomic E-state index is 14.3. The monoisotopic (exact) mass is 367 g/mol. The molecule has 3 aromatic heterocycles. The Kier molecular flexibility index (Phi) is 4.26. The lowest BCUT2D eigenvalue weighted by atomic mass is 10.1. The first-order chi connectivity index (χ1) is 12.6. The molecule has 3 heterocycles. The van der Waals surface area contributed by atoms with E-state index in [2.05, 4.69) is 20.4 Å². The zero-order valence-corrected chi connectivity index (χ0v) is 14.7. The van der Waals surface area contributed by atoms with E-state index in [0.29, 0.717) is 22.0 Å². The van der Waals surface area contributed by atoms with E-state index in [9.17, 15) is 4.39 Å². The summed E-state index contributed by atoms with van der Waals surface area (Å²) >= 11 is 6.13. The number of hydrogen-bond donors (Lipinski definition) is 1. The van der Waals surface area contributed by atoms with Crippen molar-refractivity contribution >= 4 is 23.1 Å². The molecule has 0 aliphatic rings. The molecule has 1 N–H and O–H groups in total. The number of rotatable bonds is 4. The number of nitrogens with zero attached hydrogens (tertiary/aromatic N) is 4. The first-order valence-electron chi connectivity index (χ1n) is 8.06. The van der Waals surface area contributed by atoms with Crippen LogP contribution in [0.4, 0.5) is 10.2 Å². The summed E-state index contributed by atoms with van der Waals surface area (Å²) < 4.78 is 16.0. The van der Waals surface area contributed by atoms with Crippen molar-refractivity contribution in [3.8, 4) is 11.3 Å². The summed E-state index contributed by atoms with van der Waals surface area (Å²) in [4.78, 5) is 8.39. The van der Waals surface area contributed by atoms with Gasteiger partial charge in [0, 0.05) is 35.1 Å². The standard InChI is InChI=1S/C19H15ClFN5/c1-12-2-3-15(20)14(19(12)21)10-23-17-4-5-18-24-11-16(26(18)25-17)13-6-8-22-9-7-13/h2-9,11H,10H2,1H3,(H,23,25). The molecular weight excluding hydrogens is 353 g/mol. The van der Waals surface area contributed by atoms with Crippen LogP contribution < -0.4 is 5.32 Å². The predicted octanol–water partition coefficient (Wildman–Crippen LogP) is 4.50. The summed E-state index contributed by atoms with van der Waals surface area (Å²) in [5, 5.41) is 8.09. The number of fused-ring (bicyclic) bond motifs is 1. The normalized spacial score (nSPS) is 11.0. The predicted molar refractivity (Wildman–Crippen MR) is 99.7 cm³/mol. The SMILES string of the molecule is Cc1ccc(Cl)c(CNc2ccc3ncc(-c4ccncc4)n3n2)c1F. The number of benzene rings is 1. The summed E-state index contributed by atoms with van der Waals surface area (Å²) in [6.45, 7) is 1.95. The fourth-order valence-electron chi connectivity index (χ4n) is 2.74. The van der Waals surface area contributed by atoms with E-state index in [1.807, 2.05) is 18.2 Å². The molecule has 130 valence electrons. The van der Waals surface area contributed by atoms with Gasteiger partial charge in [0.25, 0.3) is 0 Å². The van der Waals surface area contributed by atoms with Gasteiger partial charge in [0.1, 0.15) is 11.6 Å². The fourth-order valence-corrected chi connectivity index (χ4v) is 2.96. The van der Waals surface area contributed by atoms with E-state index in [1.54, 1.807) is 48.2 Å². The van der Waals surface area contributed by atoms with Crippen LogP contribution in [0.5, 0.6) is 0 Å². The number of imidazole rings is 1. The summed E-state index contributed by atoms with van der Waals surface area (Å²) in [5.74, 6) is 0.300. The molecule has 0 aliphatic carbocycles. The largest absolute Gasteiger partial charge is 0.364 e. The van der Waals surface area contributed by atoms with E-state index in [1.165, 1.54) is 0 Å². The van der Waals surface area contributed by atoms with Gasteiger partial charge in [0.15, 0.2) is 5.65 Å². The highest BCUT2D eigenvalue weighted by atomic mass is 35.5. The molecule has 0 radical (unpaired) electrons. The summed E-state index contributed by atoms with van der Waals surface area (Å²) in [5.41, 5.74) is 3.52. The Labute approximate surface area is 154 Å². The molecule has 0 atom stereocenters. The lowest BCUT2D eigenvalue weighted by molar-refractivity contribution is 0.603. The van der Waals surface area contributed by atoms with Gasteiger partial charge in [-0.15, -0.1) is 5.10 Å². The van der Waals surface area contributed by atoms with Crippen LogP contribution in [0.15, 0.2) is 55.0 Å². The van der Waals surface area contributed by atoms with E-state index in [4.69, 9.17) is 11.6 Å². The molecule has 0 bridgehead atoms. The van der Waals surface area contributed by atoms with Crippen LogP contribution in [0.3, 0.4) is 0 Å². The van der Waals surface area contributed by atoms with E-state index < -0.39 is 0 Å². The van der Waals surface area contributed by atoms with Crippen LogP contribution in [0, 0.1) is 12.7 Å².